The number of nitrogens with zero attached hydrogens (tertiary/aromatic N) is 6. The van der Waals surface area contributed by atoms with Gasteiger partial charge in [0.25, 0.3) is 0 Å². The van der Waals surface area contributed by atoms with Crippen LogP contribution in [-0.4, -0.2) is 24.1 Å². The fourth-order valence-electron chi connectivity index (χ4n) is 11.3. The average Bonchev–Trinajstić information content (AvgIpc) is 4.18. The van der Waals surface area contributed by atoms with Gasteiger partial charge in [0.15, 0.2) is 17.5 Å². The molecule has 0 N–H and O–H groups in total. The van der Waals surface area contributed by atoms with Gasteiger partial charge in [0, 0.05) is 49.4 Å². The van der Waals surface area contributed by atoms with Crippen LogP contribution < -0.4 is 0 Å². The molecule has 0 aliphatic rings. The third kappa shape index (κ3) is 10.4. The van der Waals surface area contributed by atoms with Crippen LogP contribution in [0.4, 0.5) is 0 Å². The topological polar surface area (TPSA) is 72.3 Å². The van der Waals surface area contributed by atoms with Crippen LogP contribution in [0.1, 0.15) is 122 Å². The fourth-order valence-corrected chi connectivity index (χ4v) is 11.3. The summed E-state index contributed by atoms with van der Waals surface area (Å²) in [5.74, 6) is 1.79. The van der Waals surface area contributed by atoms with Gasteiger partial charge in [-0.1, -0.05) is 180 Å². The third-order valence-electron chi connectivity index (χ3n) is 16.0. The van der Waals surface area contributed by atoms with E-state index in [9.17, 15) is 5.26 Å². The molecule has 0 spiro atoms. The molecule has 6 nitrogen and oxygen atoms in total. The average molecular weight is 1070 g/mol. The van der Waals surface area contributed by atoms with Gasteiger partial charge in [-0.2, -0.15) is 5.26 Å². The molecule has 3 heterocycles. The smallest absolute Gasteiger partial charge is 0.164 e. The van der Waals surface area contributed by atoms with Crippen molar-refractivity contribution in [2.75, 3.05) is 0 Å². The van der Waals surface area contributed by atoms with Gasteiger partial charge >= 0.3 is 0 Å². The molecule has 11 aromatic rings. The lowest BCUT2D eigenvalue weighted by atomic mass is 9.79. The maximum Gasteiger partial charge on any atom is 0.164 e. The van der Waals surface area contributed by atoms with E-state index < -0.39 is 0 Å². The molecule has 82 heavy (non-hydrogen) atoms. The molecule has 6 heteroatoms. The van der Waals surface area contributed by atoms with Crippen molar-refractivity contribution in [3.8, 4) is 62.7 Å². The number of para-hydroxylation sites is 2. The molecular weight excluding hydrogens is 997 g/mol. The molecule has 11 rings (SSSR count). The molecule has 8 aromatic carbocycles. The standard InChI is InChI=1S/C76H74N6/c1-16-17-22-50(46-77)37-49-29-33-68(81-64-25-20-18-23-58(64)60-35-47(2)27-31-66(60)81)62(38-49)63-43-51(30-34-69(63)82-65-26-21-19-24-59(65)61-36-48(3)28-32-67(61)82)70-78-71(52-39-54(73(4,5)6)44-55(40-52)74(7,8)9)80-72(79-70)53-41-56(75(10,11)12)45-57(42-53)76(13,14)15/h16-45H,1H2,2-15H3/b22-17-,50-37+. The summed E-state index contributed by atoms with van der Waals surface area (Å²) in [6, 6.07) is 60.5. The third-order valence-corrected chi connectivity index (χ3v) is 16.0. The number of aryl methyl sites for hydroxylation is 2. The maximum atomic E-state index is 10.5. The molecule has 0 unspecified atom stereocenters. The Morgan fingerprint density at radius 1 is 0.439 bits per heavy atom. The lowest BCUT2D eigenvalue weighted by Crippen LogP contribution is -2.17. The Bertz CT molecular complexity index is 4320. The van der Waals surface area contributed by atoms with E-state index in [1.165, 1.54) is 54.9 Å². The Morgan fingerprint density at radius 3 is 1.27 bits per heavy atom. The minimum atomic E-state index is -0.139. The molecule has 0 aliphatic carbocycles. The van der Waals surface area contributed by atoms with Crippen molar-refractivity contribution < 1.29 is 0 Å². The SMILES string of the molecule is C=C/C=C\C(C#N)=C/c1ccc(-n2c3ccccc3c3cc(C)ccc32)c(-c2cc(-c3nc(-c4cc(C(C)(C)C)cc(C(C)(C)C)c4)nc(-c4cc(C(C)(C)C)cc(C(C)(C)C)c4)n3)ccc2-n2c3ccccc3c3cc(C)ccc32)c1. The van der Waals surface area contributed by atoms with Crippen molar-refractivity contribution in [1.82, 2.24) is 24.1 Å². The van der Waals surface area contributed by atoms with E-state index in [1.54, 1.807) is 18.2 Å². The number of fused-ring (bicyclic) bond motifs is 6. The van der Waals surface area contributed by atoms with E-state index in [-0.39, 0.29) is 21.7 Å². The molecule has 3 aromatic heterocycles. The lowest BCUT2D eigenvalue weighted by Gasteiger charge is -2.26. The van der Waals surface area contributed by atoms with E-state index >= 15 is 0 Å². The molecular formula is C76H74N6. The molecule has 0 saturated carbocycles. The highest BCUT2D eigenvalue weighted by Crippen LogP contribution is 2.44. The first-order chi connectivity index (χ1) is 38.9. The summed E-state index contributed by atoms with van der Waals surface area (Å²) in [4.78, 5) is 16.7. The van der Waals surface area contributed by atoms with E-state index in [2.05, 4.69) is 276 Å². The van der Waals surface area contributed by atoms with Crippen LogP contribution in [0.2, 0.25) is 0 Å². The number of nitriles is 1. The lowest BCUT2D eigenvalue weighted by molar-refractivity contribution is 0.568. The van der Waals surface area contributed by atoms with Crippen LogP contribution in [0.15, 0.2) is 188 Å². The van der Waals surface area contributed by atoms with Gasteiger partial charge in [0.2, 0.25) is 0 Å². The zero-order chi connectivity index (χ0) is 58.2. The highest BCUT2D eigenvalue weighted by molar-refractivity contribution is 6.12. The predicted octanol–water partition coefficient (Wildman–Crippen LogP) is 20.2. The zero-order valence-corrected chi connectivity index (χ0v) is 50.2. The molecule has 0 aliphatic heterocycles. The van der Waals surface area contributed by atoms with E-state index in [0.29, 0.717) is 23.0 Å². The minimum Gasteiger partial charge on any atom is -0.309 e. The van der Waals surface area contributed by atoms with Gasteiger partial charge in [-0.15, -0.1) is 0 Å². The summed E-state index contributed by atoms with van der Waals surface area (Å²) in [7, 11) is 0. The largest absolute Gasteiger partial charge is 0.309 e. The minimum absolute atomic E-state index is 0.139. The monoisotopic (exact) mass is 1070 g/mol. The summed E-state index contributed by atoms with van der Waals surface area (Å²) in [6.07, 6.45) is 7.26. The fraction of sp³-hybridized carbons (Fsp3) is 0.237. The van der Waals surface area contributed by atoms with E-state index in [0.717, 1.165) is 66.8 Å². The summed E-state index contributed by atoms with van der Waals surface area (Å²) in [6.45, 7) is 35.5. The quantitative estimate of drug-likeness (QED) is 0.107. The summed E-state index contributed by atoms with van der Waals surface area (Å²) in [5, 5.41) is 15.2. The van der Waals surface area contributed by atoms with Gasteiger partial charge in [0.05, 0.1) is 45.1 Å². The van der Waals surface area contributed by atoms with Gasteiger partial charge < -0.3 is 9.13 Å². The van der Waals surface area contributed by atoms with Crippen molar-refractivity contribution in [2.24, 2.45) is 0 Å². The highest BCUT2D eigenvalue weighted by atomic mass is 15.0. The number of aromatic nitrogens is 5. The molecule has 0 atom stereocenters. The maximum absolute atomic E-state index is 10.5. The Labute approximate surface area is 484 Å². The van der Waals surface area contributed by atoms with Crippen molar-refractivity contribution in [2.45, 2.75) is 119 Å². The number of allylic oxidation sites excluding steroid dienone is 4. The number of hydrogen-bond acceptors (Lipinski definition) is 4. The van der Waals surface area contributed by atoms with Gasteiger partial charge in [-0.05, 0) is 166 Å². The number of hydrogen-bond donors (Lipinski definition) is 0. The Morgan fingerprint density at radius 2 is 0.841 bits per heavy atom. The zero-order valence-electron chi connectivity index (χ0n) is 50.2. The van der Waals surface area contributed by atoms with Crippen LogP contribution in [0.3, 0.4) is 0 Å². The Kier molecular flexibility index (Phi) is 13.8. The summed E-state index contributed by atoms with van der Waals surface area (Å²) >= 11 is 0. The normalized spacial score (nSPS) is 12.8. The van der Waals surface area contributed by atoms with Crippen molar-refractivity contribution in [1.29, 1.82) is 5.26 Å². The van der Waals surface area contributed by atoms with Crippen LogP contribution in [0, 0.1) is 25.2 Å². The summed E-state index contributed by atoms with van der Waals surface area (Å²) in [5.41, 5.74) is 19.1. The second-order valence-electron chi connectivity index (χ2n) is 26.5. The van der Waals surface area contributed by atoms with Gasteiger partial charge in [0.1, 0.15) is 0 Å². The van der Waals surface area contributed by atoms with E-state index in [1.807, 2.05) is 6.08 Å². The second-order valence-corrected chi connectivity index (χ2v) is 26.5. The Balaban J connectivity index is 1.29. The predicted molar refractivity (Wildman–Crippen MR) is 347 cm³/mol. The molecule has 0 radical (unpaired) electrons. The van der Waals surface area contributed by atoms with Crippen molar-refractivity contribution in [3.05, 3.63) is 227 Å². The highest BCUT2D eigenvalue weighted by Gasteiger charge is 2.27. The van der Waals surface area contributed by atoms with Crippen LogP contribution in [-0.2, 0) is 21.7 Å². The van der Waals surface area contributed by atoms with Crippen LogP contribution in [0.25, 0.3) is 106 Å². The first-order valence-electron chi connectivity index (χ1n) is 28.7. The molecule has 0 bridgehead atoms. The second kappa shape index (κ2) is 20.6. The van der Waals surface area contributed by atoms with Crippen LogP contribution in [0.5, 0.6) is 0 Å². The summed E-state index contributed by atoms with van der Waals surface area (Å²) < 4.78 is 4.82. The number of benzene rings is 8. The van der Waals surface area contributed by atoms with Crippen molar-refractivity contribution in [3.63, 3.8) is 0 Å². The van der Waals surface area contributed by atoms with Gasteiger partial charge in [-0.25, -0.2) is 15.0 Å². The first kappa shape index (κ1) is 55.0. The van der Waals surface area contributed by atoms with Crippen molar-refractivity contribution >= 4 is 49.7 Å². The van der Waals surface area contributed by atoms with Gasteiger partial charge in [-0.3, -0.25) is 0 Å². The first-order valence-corrected chi connectivity index (χ1v) is 28.7. The molecule has 408 valence electrons. The Hall–Kier alpha value is -8.92. The molecule has 0 amide bonds. The molecule has 0 saturated heterocycles. The number of rotatable bonds is 9. The van der Waals surface area contributed by atoms with Crippen LogP contribution >= 0.6 is 0 Å². The van der Waals surface area contributed by atoms with E-state index in [4.69, 9.17) is 15.0 Å². The molecule has 0 fully saturated rings.